The van der Waals surface area contributed by atoms with Crippen LogP contribution in [0.3, 0.4) is 0 Å². The van der Waals surface area contributed by atoms with E-state index in [2.05, 4.69) is 20.6 Å². The molecule has 2 N–H and O–H groups in total. The molecule has 0 aliphatic heterocycles. The van der Waals surface area contributed by atoms with Gasteiger partial charge in [0.05, 0.1) is 0 Å². The first-order valence-electron chi connectivity index (χ1n) is 9.59. The van der Waals surface area contributed by atoms with Gasteiger partial charge in [-0.3, -0.25) is 10.1 Å². The summed E-state index contributed by atoms with van der Waals surface area (Å²) >= 11 is 5.33. The van der Waals surface area contributed by atoms with Crippen LogP contribution in [-0.2, 0) is 0 Å². The molecule has 0 fully saturated rings. The van der Waals surface area contributed by atoms with E-state index in [4.69, 9.17) is 16.6 Å². The van der Waals surface area contributed by atoms with Gasteiger partial charge in [0.25, 0.3) is 5.91 Å². The molecule has 0 atom stereocenters. The molecule has 5 aromatic rings. The number of fused-ring (bicyclic) bond motifs is 2. The van der Waals surface area contributed by atoms with Gasteiger partial charge in [-0.1, -0.05) is 36.4 Å². The fourth-order valence-corrected chi connectivity index (χ4v) is 3.50. The van der Waals surface area contributed by atoms with E-state index in [9.17, 15) is 4.79 Å². The number of aromatic nitrogens is 2. The minimum absolute atomic E-state index is 0.203. The van der Waals surface area contributed by atoms with E-state index in [1.807, 2.05) is 66.7 Å². The van der Waals surface area contributed by atoms with Crippen LogP contribution in [0.25, 0.3) is 33.5 Å². The summed E-state index contributed by atoms with van der Waals surface area (Å²) in [5.74, 6) is 0.188. The van der Waals surface area contributed by atoms with Crippen LogP contribution < -0.4 is 10.6 Å². The Bertz CT molecular complexity index is 1410. The van der Waals surface area contributed by atoms with Crippen molar-refractivity contribution in [1.82, 2.24) is 15.3 Å². The van der Waals surface area contributed by atoms with E-state index in [0.29, 0.717) is 28.4 Å². The molecule has 0 aliphatic carbocycles. The van der Waals surface area contributed by atoms with E-state index < -0.39 is 0 Å². The number of oxazole rings is 1. The lowest BCUT2D eigenvalue weighted by atomic mass is 10.1. The molecule has 0 saturated heterocycles. The van der Waals surface area contributed by atoms with Gasteiger partial charge in [-0.2, -0.15) is 4.98 Å². The average molecular weight is 424 g/mol. The Morgan fingerprint density at radius 3 is 2.65 bits per heavy atom. The predicted molar refractivity (Wildman–Crippen MR) is 125 cm³/mol. The molecule has 0 radical (unpaired) electrons. The van der Waals surface area contributed by atoms with E-state index in [0.717, 1.165) is 16.3 Å². The molecule has 6 nitrogen and oxygen atoms in total. The van der Waals surface area contributed by atoms with Crippen LogP contribution >= 0.6 is 12.2 Å². The number of hydrogen-bond donors (Lipinski definition) is 2. The highest BCUT2D eigenvalue weighted by molar-refractivity contribution is 7.80. The smallest absolute Gasteiger partial charge is 0.257 e. The molecule has 3 aromatic carbocycles. The van der Waals surface area contributed by atoms with Gasteiger partial charge >= 0.3 is 0 Å². The highest BCUT2D eigenvalue weighted by Gasteiger charge is 2.11. The first-order valence-corrected chi connectivity index (χ1v) is 10.00. The van der Waals surface area contributed by atoms with E-state index in [-0.39, 0.29) is 11.0 Å². The molecular weight excluding hydrogens is 408 g/mol. The van der Waals surface area contributed by atoms with Crippen molar-refractivity contribution in [3.8, 4) is 11.5 Å². The van der Waals surface area contributed by atoms with Crippen LogP contribution in [-0.4, -0.2) is 21.0 Å². The summed E-state index contributed by atoms with van der Waals surface area (Å²) in [4.78, 5) is 21.2. The van der Waals surface area contributed by atoms with Crippen molar-refractivity contribution >= 4 is 50.9 Å². The zero-order chi connectivity index (χ0) is 21.2. The topological polar surface area (TPSA) is 80.0 Å². The Labute approximate surface area is 182 Å². The van der Waals surface area contributed by atoms with Gasteiger partial charge in [0.15, 0.2) is 16.3 Å². The lowest BCUT2D eigenvalue weighted by Gasteiger charge is -2.10. The molecule has 2 heterocycles. The summed E-state index contributed by atoms with van der Waals surface area (Å²) in [6.07, 6.45) is 1.67. The van der Waals surface area contributed by atoms with Crippen molar-refractivity contribution in [2.24, 2.45) is 0 Å². The van der Waals surface area contributed by atoms with Gasteiger partial charge in [0.2, 0.25) is 5.89 Å². The highest BCUT2D eigenvalue weighted by atomic mass is 32.1. The van der Waals surface area contributed by atoms with Crippen molar-refractivity contribution in [3.05, 3.63) is 90.6 Å². The number of thiocarbonyl (C=S) groups is 1. The van der Waals surface area contributed by atoms with Crippen LogP contribution in [0, 0.1) is 0 Å². The van der Waals surface area contributed by atoms with Gasteiger partial charge in [0.1, 0.15) is 0 Å². The zero-order valence-electron chi connectivity index (χ0n) is 16.2. The Morgan fingerprint density at radius 2 is 1.77 bits per heavy atom. The van der Waals surface area contributed by atoms with Crippen molar-refractivity contribution in [3.63, 3.8) is 0 Å². The maximum Gasteiger partial charge on any atom is 0.257 e. The number of carbonyl (C=O) groups excluding carboxylic acids is 1. The lowest BCUT2D eigenvalue weighted by molar-refractivity contribution is 0.0978. The number of nitrogens with zero attached hydrogens (tertiary/aromatic N) is 2. The first-order chi connectivity index (χ1) is 15.2. The molecule has 31 heavy (non-hydrogen) atoms. The fraction of sp³-hybridized carbons (Fsp3) is 0. The monoisotopic (exact) mass is 424 g/mol. The molecule has 0 aliphatic rings. The Hall–Kier alpha value is -4.10. The molecule has 0 bridgehead atoms. The van der Waals surface area contributed by atoms with Crippen LogP contribution in [0.4, 0.5) is 5.69 Å². The quantitative estimate of drug-likeness (QED) is 0.389. The summed E-state index contributed by atoms with van der Waals surface area (Å²) in [6.45, 7) is 0. The summed E-state index contributed by atoms with van der Waals surface area (Å²) in [5.41, 5.74) is 3.18. The van der Waals surface area contributed by atoms with E-state index in [1.165, 1.54) is 0 Å². The van der Waals surface area contributed by atoms with Crippen molar-refractivity contribution in [1.29, 1.82) is 0 Å². The van der Waals surface area contributed by atoms with Gasteiger partial charge in [-0.25, -0.2) is 4.98 Å². The normalized spacial score (nSPS) is 10.8. The number of benzene rings is 3. The van der Waals surface area contributed by atoms with Gasteiger partial charge < -0.3 is 9.73 Å². The minimum atomic E-state index is -0.274. The largest absolute Gasteiger partial charge is 0.434 e. The lowest BCUT2D eigenvalue weighted by Crippen LogP contribution is -2.34. The Kier molecular flexibility index (Phi) is 4.86. The second kappa shape index (κ2) is 7.97. The summed E-state index contributed by atoms with van der Waals surface area (Å²) in [6, 6.07) is 24.5. The van der Waals surface area contributed by atoms with Gasteiger partial charge in [0, 0.05) is 23.0 Å². The molecule has 150 valence electrons. The molecule has 7 heteroatoms. The maximum absolute atomic E-state index is 12.6. The molecular formula is C24H16N4O2S. The van der Waals surface area contributed by atoms with Crippen molar-refractivity contribution in [2.75, 3.05) is 5.32 Å². The molecule has 5 rings (SSSR count). The molecule has 0 unspecified atom stereocenters. The number of carbonyl (C=O) groups is 1. The second-order valence-corrected chi connectivity index (χ2v) is 7.30. The number of nitrogens with one attached hydrogen (secondary N) is 2. The standard InChI is InChI=1S/C24H16N4O2S/c29-22(17-11-10-15-5-1-2-6-16(15)13-17)28-24(31)26-19-8-3-7-18(14-19)23-27-21-20(30-23)9-4-12-25-21/h1-14H,(H2,26,28,29,31). The van der Waals surface area contributed by atoms with Gasteiger partial charge in [-0.05, 0) is 65.5 Å². The molecule has 0 saturated carbocycles. The number of pyridine rings is 1. The summed E-state index contributed by atoms with van der Waals surface area (Å²) < 4.78 is 5.77. The SMILES string of the molecule is O=C(NC(=S)Nc1cccc(-c2nc3ncccc3o2)c1)c1ccc2ccccc2c1. The summed E-state index contributed by atoms with van der Waals surface area (Å²) in [7, 11) is 0. The fourth-order valence-electron chi connectivity index (χ4n) is 3.29. The predicted octanol–water partition coefficient (Wildman–Crippen LogP) is 5.17. The minimum Gasteiger partial charge on any atom is -0.434 e. The van der Waals surface area contributed by atoms with Crippen LogP contribution in [0.1, 0.15) is 10.4 Å². The molecule has 0 spiro atoms. The van der Waals surface area contributed by atoms with Crippen LogP contribution in [0.2, 0.25) is 0 Å². The second-order valence-electron chi connectivity index (χ2n) is 6.90. The van der Waals surface area contributed by atoms with E-state index in [1.54, 1.807) is 18.3 Å². The van der Waals surface area contributed by atoms with Crippen LogP contribution in [0.15, 0.2) is 89.5 Å². The third-order valence-electron chi connectivity index (χ3n) is 4.77. The number of anilines is 1. The molecule has 2 aromatic heterocycles. The van der Waals surface area contributed by atoms with Crippen molar-refractivity contribution < 1.29 is 9.21 Å². The zero-order valence-corrected chi connectivity index (χ0v) is 17.0. The number of amides is 1. The Morgan fingerprint density at radius 1 is 0.903 bits per heavy atom. The Balaban J connectivity index is 1.30. The average Bonchev–Trinajstić information content (AvgIpc) is 3.23. The highest BCUT2D eigenvalue weighted by Crippen LogP contribution is 2.25. The van der Waals surface area contributed by atoms with Crippen molar-refractivity contribution in [2.45, 2.75) is 0 Å². The first kappa shape index (κ1) is 18.9. The molecule has 1 amide bonds. The van der Waals surface area contributed by atoms with Crippen LogP contribution in [0.5, 0.6) is 0 Å². The third kappa shape index (κ3) is 3.99. The third-order valence-corrected chi connectivity index (χ3v) is 4.98. The van der Waals surface area contributed by atoms with Gasteiger partial charge in [-0.15, -0.1) is 0 Å². The maximum atomic E-state index is 12.6. The number of hydrogen-bond acceptors (Lipinski definition) is 5. The number of rotatable bonds is 3. The van der Waals surface area contributed by atoms with E-state index >= 15 is 0 Å². The summed E-state index contributed by atoms with van der Waals surface area (Å²) in [5, 5.41) is 8.03.